The fourth-order valence-electron chi connectivity index (χ4n) is 5.32. The largest absolute Gasteiger partial charge is 0.495 e. The number of aromatic nitrogens is 3. The molecule has 0 saturated carbocycles. The maximum absolute atomic E-state index is 12.6. The van der Waals surface area contributed by atoms with Gasteiger partial charge in [-0.25, -0.2) is 17.9 Å². The minimum absolute atomic E-state index is 0.0215. The number of nitrogens with one attached hydrogen (secondary N) is 1. The second kappa shape index (κ2) is 11.3. The van der Waals surface area contributed by atoms with Gasteiger partial charge < -0.3 is 20.7 Å². The van der Waals surface area contributed by atoms with Crippen molar-refractivity contribution >= 4 is 38.8 Å². The zero-order valence-corrected chi connectivity index (χ0v) is 25.4. The lowest BCUT2D eigenvalue weighted by Crippen LogP contribution is -2.53. The molecule has 1 aliphatic heterocycles. The average molecular weight is 592 g/mol. The number of likely N-dealkylation sites (tertiary alicyclic amines) is 1. The number of carbonyl (C=O) groups excluding carboxylic acids is 1. The van der Waals surface area contributed by atoms with Gasteiger partial charge in [0, 0.05) is 25.7 Å². The van der Waals surface area contributed by atoms with Gasteiger partial charge in [0.2, 0.25) is 21.9 Å². The van der Waals surface area contributed by atoms with E-state index in [1.54, 1.807) is 43.8 Å². The first-order valence-electron chi connectivity index (χ1n) is 13.8. The standard InChI is InChI=1S/C30H37N7O4S/c1-30(2,31)28(38)36-16-14-20(15-17-36)21-10-12-24(27(18-21)41-4)33-29-32-19-22-11-13-26(37(22)34-29)23-8-6-7-9-25(23)35(3)42(5,39)40/h6-13,18-20H,14-17,31H2,1-5H3,(H,33,34). The lowest BCUT2D eigenvalue weighted by Gasteiger charge is -2.35. The van der Waals surface area contributed by atoms with Gasteiger partial charge in [0.15, 0.2) is 0 Å². The number of para-hydroxylation sites is 1. The number of nitrogens with two attached hydrogens (primary N) is 1. The van der Waals surface area contributed by atoms with Gasteiger partial charge in [-0.2, -0.15) is 0 Å². The van der Waals surface area contributed by atoms with Gasteiger partial charge in [-0.15, -0.1) is 5.10 Å². The fourth-order valence-corrected chi connectivity index (χ4v) is 5.83. The quantitative estimate of drug-likeness (QED) is 0.314. The molecule has 0 unspecified atom stereocenters. The Morgan fingerprint density at radius 2 is 1.83 bits per heavy atom. The van der Waals surface area contributed by atoms with Crippen molar-refractivity contribution in [3.63, 3.8) is 0 Å². The molecule has 0 aliphatic carbocycles. The van der Waals surface area contributed by atoms with Gasteiger partial charge in [0.05, 0.1) is 47.7 Å². The molecule has 5 rings (SSSR count). The Bertz CT molecular complexity index is 1720. The van der Waals surface area contributed by atoms with Crippen LogP contribution in [0, 0.1) is 0 Å². The summed E-state index contributed by atoms with van der Waals surface area (Å²) in [4.78, 5) is 18.9. The Labute approximate surface area is 246 Å². The van der Waals surface area contributed by atoms with Crippen LogP contribution in [0.4, 0.5) is 17.3 Å². The van der Waals surface area contributed by atoms with Crippen LogP contribution < -0.4 is 20.1 Å². The van der Waals surface area contributed by atoms with Gasteiger partial charge in [-0.05, 0) is 68.5 Å². The highest BCUT2D eigenvalue weighted by Crippen LogP contribution is 2.36. The number of carbonyl (C=O) groups is 1. The highest BCUT2D eigenvalue weighted by atomic mass is 32.2. The summed E-state index contributed by atoms with van der Waals surface area (Å²) in [5, 5.41) is 8.00. The number of fused-ring (bicyclic) bond motifs is 1. The summed E-state index contributed by atoms with van der Waals surface area (Å²) in [5.74, 6) is 1.30. The van der Waals surface area contributed by atoms with Gasteiger partial charge in [0.1, 0.15) is 5.75 Å². The van der Waals surface area contributed by atoms with Gasteiger partial charge in [-0.3, -0.25) is 9.10 Å². The monoisotopic (exact) mass is 591 g/mol. The molecule has 0 atom stereocenters. The molecule has 0 spiro atoms. The first kappa shape index (κ1) is 29.3. The maximum Gasteiger partial charge on any atom is 0.245 e. The number of methoxy groups -OCH3 is 1. The third-order valence-electron chi connectivity index (χ3n) is 7.69. The van der Waals surface area contributed by atoms with Gasteiger partial charge >= 0.3 is 0 Å². The van der Waals surface area contributed by atoms with Crippen molar-refractivity contribution in [3.05, 3.63) is 66.4 Å². The molecule has 0 bridgehead atoms. The predicted octanol–water partition coefficient (Wildman–Crippen LogP) is 3.99. The Morgan fingerprint density at radius 3 is 2.50 bits per heavy atom. The smallest absolute Gasteiger partial charge is 0.245 e. The van der Waals surface area contributed by atoms with Crippen molar-refractivity contribution in [2.75, 3.05) is 43.1 Å². The van der Waals surface area contributed by atoms with E-state index in [1.807, 2.05) is 41.3 Å². The number of sulfonamides is 1. The molecule has 1 aliphatic rings. The lowest BCUT2D eigenvalue weighted by atomic mass is 9.88. The molecule has 222 valence electrons. The van der Waals surface area contributed by atoms with Gasteiger partial charge in [-0.1, -0.05) is 24.3 Å². The van der Waals surface area contributed by atoms with E-state index in [4.69, 9.17) is 15.6 Å². The van der Waals surface area contributed by atoms with E-state index < -0.39 is 15.6 Å². The van der Waals surface area contributed by atoms with Crippen LogP contribution in [0.5, 0.6) is 5.75 Å². The Hall–Kier alpha value is -4.16. The van der Waals surface area contributed by atoms with Crippen molar-refractivity contribution < 1.29 is 17.9 Å². The van der Waals surface area contributed by atoms with Gasteiger partial charge in [0.25, 0.3) is 0 Å². The first-order chi connectivity index (χ1) is 19.9. The summed E-state index contributed by atoms with van der Waals surface area (Å²) >= 11 is 0. The second-order valence-corrected chi connectivity index (χ2v) is 13.3. The number of hydrogen-bond acceptors (Lipinski definition) is 8. The summed E-state index contributed by atoms with van der Waals surface area (Å²) in [5.41, 5.74) is 9.77. The van der Waals surface area contributed by atoms with Crippen molar-refractivity contribution in [1.29, 1.82) is 0 Å². The third kappa shape index (κ3) is 5.90. The minimum atomic E-state index is -3.46. The Morgan fingerprint density at radius 1 is 1.12 bits per heavy atom. The Kier molecular flexibility index (Phi) is 7.86. The molecular formula is C30H37N7O4S. The van der Waals surface area contributed by atoms with E-state index in [2.05, 4.69) is 16.4 Å². The number of nitrogens with zero attached hydrogens (tertiary/aromatic N) is 5. The summed E-state index contributed by atoms with van der Waals surface area (Å²) < 4.78 is 33.3. The number of ether oxygens (including phenoxy) is 1. The molecule has 3 heterocycles. The van der Waals surface area contributed by atoms with E-state index in [0.29, 0.717) is 42.1 Å². The number of anilines is 3. The molecule has 1 saturated heterocycles. The molecule has 3 N–H and O–H groups in total. The highest BCUT2D eigenvalue weighted by molar-refractivity contribution is 7.92. The fraction of sp³-hybridized carbons (Fsp3) is 0.367. The van der Waals surface area contributed by atoms with Crippen LogP contribution in [0.15, 0.2) is 60.8 Å². The minimum Gasteiger partial charge on any atom is -0.495 e. The summed E-state index contributed by atoms with van der Waals surface area (Å²) in [6, 6.07) is 17.1. The SMILES string of the molecule is COc1cc(C2CCN(C(=O)C(C)(C)N)CC2)ccc1Nc1ncc2ccc(-c3ccccc3N(C)S(C)(=O)=O)n2n1. The van der Waals surface area contributed by atoms with Crippen LogP contribution >= 0.6 is 0 Å². The normalized spacial score (nSPS) is 14.7. The van der Waals surface area contributed by atoms with Crippen LogP contribution in [0.3, 0.4) is 0 Å². The zero-order chi connectivity index (χ0) is 30.2. The van der Waals surface area contributed by atoms with Crippen molar-refractivity contribution in [1.82, 2.24) is 19.5 Å². The number of benzene rings is 2. The van der Waals surface area contributed by atoms with Crippen LogP contribution in [0.25, 0.3) is 16.8 Å². The number of rotatable bonds is 8. The number of amides is 1. The van der Waals surface area contributed by atoms with Crippen molar-refractivity contribution in [3.8, 4) is 17.0 Å². The van der Waals surface area contributed by atoms with Crippen molar-refractivity contribution in [2.45, 2.75) is 38.1 Å². The molecule has 4 aromatic rings. The summed E-state index contributed by atoms with van der Waals surface area (Å²) in [7, 11) is -0.305. The van der Waals surface area contributed by atoms with E-state index in [9.17, 15) is 13.2 Å². The lowest BCUT2D eigenvalue weighted by molar-refractivity contribution is -0.136. The third-order valence-corrected chi connectivity index (χ3v) is 8.88. The predicted molar refractivity (Wildman–Crippen MR) is 165 cm³/mol. The molecule has 1 fully saturated rings. The zero-order valence-electron chi connectivity index (χ0n) is 24.5. The summed E-state index contributed by atoms with van der Waals surface area (Å²) in [6.45, 7) is 4.82. The Balaban J connectivity index is 1.39. The molecule has 0 radical (unpaired) electrons. The molecule has 2 aromatic heterocycles. The van der Waals surface area contributed by atoms with E-state index in [1.165, 1.54) is 17.6 Å². The van der Waals surface area contributed by atoms with E-state index >= 15 is 0 Å². The van der Waals surface area contributed by atoms with Crippen LogP contribution in [-0.2, 0) is 14.8 Å². The van der Waals surface area contributed by atoms with E-state index in [0.717, 1.165) is 35.2 Å². The summed E-state index contributed by atoms with van der Waals surface area (Å²) in [6.07, 6.45) is 4.59. The molecular weight excluding hydrogens is 554 g/mol. The van der Waals surface area contributed by atoms with E-state index in [-0.39, 0.29) is 5.91 Å². The van der Waals surface area contributed by atoms with Crippen LogP contribution in [0.1, 0.15) is 38.2 Å². The topological polar surface area (TPSA) is 135 Å². The molecule has 12 heteroatoms. The first-order valence-corrected chi connectivity index (χ1v) is 15.6. The molecule has 11 nitrogen and oxygen atoms in total. The van der Waals surface area contributed by atoms with Crippen molar-refractivity contribution in [2.24, 2.45) is 5.73 Å². The molecule has 1 amide bonds. The second-order valence-electron chi connectivity index (χ2n) is 11.3. The molecule has 42 heavy (non-hydrogen) atoms. The number of piperidine rings is 1. The maximum atomic E-state index is 12.6. The van der Waals surface area contributed by atoms with Crippen LogP contribution in [0.2, 0.25) is 0 Å². The van der Waals surface area contributed by atoms with Crippen LogP contribution in [-0.4, -0.2) is 72.9 Å². The highest BCUT2D eigenvalue weighted by Gasteiger charge is 2.31. The number of hydrogen-bond donors (Lipinski definition) is 2. The molecule has 2 aromatic carbocycles. The average Bonchev–Trinajstić information content (AvgIpc) is 3.39.